The molecule has 0 unspecified atom stereocenters. The van der Waals surface area contributed by atoms with Crippen LogP contribution >= 0.6 is 0 Å². The van der Waals surface area contributed by atoms with Crippen molar-refractivity contribution in [3.05, 3.63) is 23.8 Å². The van der Waals surface area contributed by atoms with Gasteiger partial charge in [-0.05, 0) is 76.5 Å². The van der Waals surface area contributed by atoms with Crippen molar-refractivity contribution >= 4 is 5.91 Å². The van der Waals surface area contributed by atoms with Gasteiger partial charge in [-0.2, -0.15) is 0 Å². The molecular weight excluding hydrogens is 374 g/mol. The van der Waals surface area contributed by atoms with Crippen LogP contribution in [-0.2, 0) is 4.79 Å². The Labute approximate surface area is 183 Å². The molecule has 1 heterocycles. The molecule has 30 heavy (non-hydrogen) atoms. The van der Waals surface area contributed by atoms with Gasteiger partial charge in [0.05, 0.1) is 11.7 Å². The Balaban J connectivity index is 1.40. The summed E-state index contributed by atoms with van der Waals surface area (Å²) in [6.45, 7) is 5.98. The number of hydrogen-bond acceptors (Lipinski definition) is 3. The molecule has 0 aromatic heterocycles. The Hall–Kier alpha value is -1.13. The maximum Gasteiger partial charge on any atom is 0.222 e. The van der Waals surface area contributed by atoms with E-state index in [1.807, 2.05) is 11.8 Å². The van der Waals surface area contributed by atoms with E-state index in [-0.39, 0.29) is 12.0 Å². The number of allylic oxidation sites excluding steroid dienone is 2. The second kappa shape index (κ2) is 10.9. The number of unbranched alkanes of at least 4 members (excludes halogenated alkanes) is 2. The minimum absolute atomic E-state index is 0.211. The van der Waals surface area contributed by atoms with Crippen LogP contribution in [0, 0.1) is 17.8 Å². The lowest BCUT2D eigenvalue weighted by atomic mass is 9.87. The fourth-order valence-electron chi connectivity index (χ4n) is 5.68. The molecule has 1 saturated heterocycles. The van der Waals surface area contributed by atoms with Gasteiger partial charge in [0.15, 0.2) is 0 Å². The van der Waals surface area contributed by atoms with Crippen LogP contribution in [0.1, 0.15) is 90.9 Å². The third-order valence-electron chi connectivity index (χ3n) is 7.53. The Bertz CT molecular complexity index is 618. The summed E-state index contributed by atoms with van der Waals surface area (Å²) in [5.41, 5.74) is 0.889. The number of carbonyl (C=O) groups is 1. The van der Waals surface area contributed by atoms with Gasteiger partial charge >= 0.3 is 0 Å². The molecule has 4 nitrogen and oxygen atoms in total. The number of fused-ring (bicyclic) bond motifs is 1. The highest BCUT2D eigenvalue weighted by Crippen LogP contribution is 2.48. The highest BCUT2D eigenvalue weighted by molar-refractivity contribution is 5.76. The third kappa shape index (κ3) is 6.43. The third-order valence-corrected chi connectivity index (χ3v) is 7.53. The van der Waals surface area contributed by atoms with Crippen LogP contribution in [0.5, 0.6) is 0 Å². The SMILES string of the molecule is CCCC[C@](C)(O)C/C=C/[C@@H]1[C@H]2CC(CCCCC(=O)N3CCCC3)=C[C@H]2C[C@H]1O. The minimum Gasteiger partial charge on any atom is -0.392 e. The summed E-state index contributed by atoms with van der Waals surface area (Å²) in [6.07, 6.45) is 18.3. The molecule has 1 amide bonds. The van der Waals surface area contributed by atoms with E-state index in [1.165, 1.54) is 18.4 Å². The molecule has 3 rings (SSSR count). The van der Waals surface area contributed by atoms with Gasteiger partial charge in [-0.3, -0.25) is 4.79 Å². The Kier molecular flexibility index (Phi) is 8.59. The number of likely N-dealkylation sites (tertiary alicyclic amines) is 1. The zero-order valence-electron chi connectivity index (χ0n) is 19.2. The molecule has 170 valence electrons. The van der Waals surface area contributed by atoms with E-state index < -0.39 is 5.60 Å². The van der Waals surface area contributed by atoms with Gasteiger partial charge in [0.1, 0.15) is 0 Å². The second-order valence-electron chi connectivity index (χ2n) is 10.3. The van der Waals surface area contributed by atoms with Crippen molar-refractivity contribution in [1.29, 1.82) is 0 Å². The van der Waals surface area contributed by atoms with Crippen LogP contribution in [0.15, 0.2) is 23.8 Å². The summed E-state index contributed by atoms with van der Waals surface area (Å²) < 4.78 is 0. The summed E-state index contributed by atoms with van der Waals surface area (Å²) in [4.78, 5) is 14.2. The lowest BCUT2D eigenvalue weighted by molar-refractivity contribution is -0.130. The number of hydrogen-bond donors (Lipinski definition) is 2. The van der Waals surface area contributed by atoms with Gasteiger partial charge in [-0.15, -0.1) is 0 Å². The zero-order valence-corrected chi connectivity index (χ0v) is 19.2. The molecule has 0 bridgehead atoms. The summed E-state index contributed by atoms with van der Waals surface area (Å²) >= 11 is 0. The highest BCUT2D eigenvalue weighted by atomic mass is 16.3. The summed E-state index contributed by atoms with van der Waals surface area (Å²) in [5, 5.41) is 21.0. The average Bonchev–Trinajstić information content (AvgIpc) is 3.42. The van der Waals surface area contributed by atoms with Crippen molar-refractivity contribution in [2.75, 3.05) is 13.1 Å². The van der Waals surface area contributed by atoms with Crippen molar-refractivity contribution in [3.8, 4) is 0 Å². The topological polar surface area (TPSA) is 60.8 Å². The summed E-state index contributed by atoms with van der Waals surface area (Å²) in [6, 6.07) is 0. The zero-order chi connectivity index (χ0) is 21.6. The average molecular weight is 418 g/mol. The number of rotatable bonds is 11. The number of amides is 1. The van der Waals surface area contributed by atoms with Crippen LogP contribution in [0.25, 0.3) is 0 Å². The van der Waals surface area contributed by atoms with E-state index in [4.69, 9.17) is 0 Å². The Morgan fingerprint density at radius 1 is 1.27 bits per heavy atom. The lowest BCUT2D eigenvalue weighted by Crippen LogP contribution is -2.27. The predicted molar refractivity (Wildman–Crippen MR) is 122 cm³/mol. The lowest BCUT2D eigenvalue weighted by Gasteiger charge is -2.22. The van der Waals surface area contributed by atoms with Crippen molar-refractivity contribution in [1.82, 2.24) is 4.90 Å². The van der Waals surface area contributed by atoms with Gasteiger partial charge in [-0.25, -0.2) is 0 Å². The Morgan fingerprint density at radius 2 is 2.03 bits per heavy atom. The standard InChI is InChI=1S/C26H43NO3/c1-3-4-13-26(2,30)14-9-11-22-23-18-20(17-21(23)19-24(22)28)10-5-6-12-25(29)27-15-7-8-16-27/h9,11,17,21-24,28,30H,3-8,10,12-16,18-19H2,1-2H3/b11-9+/t21-,22+,23-,24+,26-/m0/s1. The molecule has 0 radical (unpaired) electrons. The fraction of sp³-hybridized carbons (Fsp3) is 0.808. The molecule has 2 N–H and O–H groups in total. The molecule has 0 aromatic carbocycles. The molecule has 2 aliphatic carbocycles. The molecule has 1 saturated carbocycles. The van der Waals surface area contributed by atoms with E-state index in [0.29, 0.717) is 30.6 Å². The maximum atomic E-state index is 12.2. The van der Waals surface area contributed by atoms with Gasteiger partial charge in [0.2, 0.25) is 5.91 Å². The first-order chi connectivity index (χ1) is 14.4. The van der Waals surface area contributed by atoms with E-state index in [1.54, 1.807) is 0 Å². The van der Waals surface area contributed by atoms with Gasteiger partial charge in [0.25, 0.3) is 0 Å². The first-order valence-corrected chi connectivity index (χ1v) is 12.4. The summed E-state index contributed by atoms with van der Waals surface area (Å²) in [7, 11) is 0. The number of aliphatic hydroxyl groups is 2. The van der Waals surface area contributed by atoms with Crippen LogP contribution < -0.4 is 0 Å². The quantitative estimate of drug-likeness (QED) is 0.367. The maximum absolute atomic E-state index is 12.2. The van der Waals surface area contributed by atoms with Crippen LogP contribution in [0.3, 0.4) is 0 Å². The van der Waals surface area contributed by atoms with E-state index in [9.17, 15) is 15.0 Å². The Morgan fingerprint density at radius 3 is 2.77 bits per heavy atom. The first-order valence-electron chi connectivity index (χ1n) is 12.4. The minimum atomic E-state index is -0.638. The van der Waals surface area contributed by atoms with E-state index in [0.717, 1.165) is 64.5 Å². The van der Waals surface area contributed by atoms with Gasteiger partial charge in [-0.1, -0.05) is 43.6 Å². The van der Waals surface area contributed by atoms with Gasteiger partial charge < -0.3 is 15.1 Å². The smallest absolute Gasteiger partial charge is 0.222 e. The monoisotopic (exact) mass is 417 g/mol. The predicted octanol–water partition coefficient (Wildman–Crippen LogP) is 5.00. The van der Waals surface area contributed by atoms with Crippen LogP contribution in [-0.4, -0.2) is 45.8 Å². The number of nitrogens with zero attached hydrogens (tertiary/aromatic N) is 1. The molecule has 3 aliphatic rings. The van der Waals surface area contributed by atoms with Gasteiger partial charge in [0, 0.05) is 25.4 Å². The number of aliphatic hydroxyl groups excluding tert-OH is 1. The van der Waals surface area contributed by atoms with Crippen molar-refractivity contribution in [2.24, 2.45) is 17.8 Å². The van der Waals surface area contributed by atoms with Crippen LogP contribution in [0.4, 0.5) is 0 Å². The number of carbonyl (C=O) groups excluding carboxylic acids is 1. The molecular formula is C26H43NO3. The van der Waals surface area contributed by atoms with Crippen molar-refractivity contribution in [3.63, 3.8) is 0 Å². The first kappa shape index (κ1) is 23.5. The highest BCUT2D eigenvalue weighted by Gasteiger charge is 2.43. The van der Waals surface area contributed by atoms with Crippen molar-refractivity contribution < 1.29 is 15.0 Å². The molecule has 2 fully saturated rings. The largest absolute Gasteiger partial charge is 0.392 e. The van der Waals surface area contributed by atoms with Crippen LogP contribution in [0.2, 0.25) is 0 Å². The van der Waals surface area contributed by atoms with E-state index >= 15 is 0 Å². The summed E-state index contributed by atoms with van der Waals surface area (Å²) in [5.74, 6) is 1.56. The molecule has 1 aliphatic heterocycles. The molecule has 0 spiro atoms. The molecule has 0 aromatic rings. The second-order valence-corrected chi connectivity index (χ2v) is 10.3. The molecule has 4 heteroatoms. The molecule has 5 atom stereocenters. The van der Waals surface area contributed by atoms with Crippen molar-refractivity contribution in [2.45, 2.75) is 103 Å². The fourth-order valence-corrected chi connectivity index (χ4v) is 5.68. The van der Waals surface area contributed by atoms with E-state index in [2.05, 4.69) is 25.2 Å². The normalized spacial score (nSPS) is 30.7.